The van der Waals surface area contributed by atoms with Crippen molar-refractivity contribution in [1.29, 1.82) is 0 Å². The number of hydrogen-bond acceptors (Lipinski definition) is 1. The first-order valence-electron chi connectivity index (χ1n) is 4.78. The minimum absolute atomic E-state index is 0.324. The van der Waals surface area contributed by atoms with Crippen LogP contribution in [0.4, 0.5) is 4.79 Å². The summed E-state index contributed by atoms with van der Waals surface area (Å²) in [5.41, 5.74) is 0. The lowest BCUT2D eigenvalue weighted by Crippen LogP contribution is -2.30. The molecule has 0 aliphatic heterocycles. The summed E-state index contributed by atoms with van der Waals surface area (Å²) in [7, 11) is 0. The maximum absolute atomic E-state index is 10.7. The van der Waals surface area contributed by atoms with Crippen LogP contribution in [0.5, 0.6) is 0 Å². The zero-order valence-corrected chi connectivity index (χ0v) is 10.6. The normalized spacial score (nSPS) is 9.00. The van der Waals surface area contributed by atoms with E-state index in [0.29, 0.717) is 13.1 Å². The predicted octanol–water partition coefficient (Wildman–Crippen LogP) is 2.94. The molecule has 0 radical (unpaired) electrons. The Morgan fingerprint density at radius 3 is 2.64 bits per heavy atom. The van der Waals surface area contributed by atoms with E-state index in [2.05, 4.69) is 16.8 Å². The molecule has 0 aliphatic rings. The van der Waals surface area contributed by atoms with Crippen LogP contribution >= 0.6 is 22.6 Å². The summed E-state index contributed by atoms with van der Waals surface area (Å²) in [6, 6.07) is 0. The van der Waals surface area contributed by atoms with E-state index < -0.39 is 6.09 Å². The molecule has 0 aliphatic carbocycles. The molecular formula is C10H16INO2. The van der Waals surface area contributed by atoms with Crippen LogP contribution in [0.1, 0.15) is 32.6 Å². The van der Waals surface area contributed by atoms with Crippen LogP contribution in [0.3, 0.4) is 0 Å². The van der Waals surface area contributed by atoms with Crippen LogP contribution in [-0.2, 0) is 0 Å². The Kier molecular flexibility index (Phi) is 8.84. The highest BCUT2D eigenvalue weighted by molar-refractivity contribution is 14.1. The molecule has 0 aromatic rings. The van der Waals surface area contributed by atoms with Crippen LogP contribution in [0.2, 0.25) is 0 Å². The highest BCUT2D eigenvalue weighted by Crippen LogP contribution is 2.01. The fourth-order valence-corrected chi connectivity index (χ4v) is 1.27. The second-order valence-corrected chi connectivity index (χ2v) is 3.58. The number of unbranched alkanes of at least 4 members (excludes halogenated alkanes) is 3. The van der Waals surface area contributed by atoms with Crippen molar-refractivity contribution in [2.45, 2.75) is 32.6 Å². The number of carbonyl (C=O) groups is 1. The molecule has 0 bridgehead atoms. The van der Waals surface area contributed by atoms with Crippen molar-refractivity contribution < 1.29 is 9.90 Å². The third kappa shape index (κ3) is 7.01. The van der Waals surface area contributed by atoms with Gasteiger partial charge in [0.25, 0.3) is 0 Å². The Hall–Kier alpha value is -0.440. The van der Waals surface area contributed by atoms with Gasteiger partial charge < -0.3 is 5.11 Å². The molecular weight excluding hydrogens is 293 g/mol. The number of hydrogen-bond donors (Lipinski definition) is 1. The molecule has 0 unspecified atom stereocenters. The Morgan fingerprint density at radius 2 is 2.14 bits per heavy atom. The molecule has 4 heteroatoms. The predicted molar refractivity (Wildman–Crippen MR) is 65.5 cm³/mol. The number of nitrogens with zero attached hydrogens (tertiary/aromatic N) is 1. The molecule has 0 aromatic carbocycles. The van der Waals surface area contributed by atoms with E-state index in [4.69, 9.17) is 5.11 Å². The summed E-state index contributed by atoms with van der Waals surface area (Å²) in [5, 5.41) is 8.81. The van der Waals surface area contributed by atoms with E-state index in [0.717, 1.165) is 12.8 Å². The van der Waals surface area contributed by atoms with Crippen LogP contribution in [0, 0.1) is 9.85 Å². The molecule has 0 heterocycles. The van der Waals surface area contributed by atoms with Gasteiger partial charge in [-0.25, -0.2) is 4.79 Å². The first kappa shape index (κ1) is 13.6. The Bertz CT molecular complexity index is 220. The highest BCUT2D eigenvalue weighted by atomic mass is 127. The molecule has 0 atom stereocenters. The molecule has 80 valence electrons. The summed E-state index contributed by atoms with van der Waals surface area (Å²) < 4.78 is 2.67. The van der Waals surface area contributed by atoms with E-state index in [9.17, 15) is 4.79 Å². The Labute approximate surface area is 99.0 Å². The fourth-order valence-electron chi connectivity index (χ4n) is 1.10. The van der Waals surface area contributed by atoms with Crippen LogP contribution < -0.4 is 0 Å². The maximum Gasteiger partial charge on any atom is 0.408 e. The summed E-state index contributed by atoms with van der Waals surface area (Å²) in [6.45, 7) is 3.06. The third-order valence-electron chi connectivity index (χ3n) is 1.89. The van der Waals surface area contributed by atoms with Crippen LogP contribution in [-0.4, -0.2) is 29.2 Å². The highest BCUT2D eigenvalue weighted by Gasteiger charge is 2.08. The zero-order chi connectivity index (χ0) is 10.8. The molecule has 3 nitrogen and oxygen atoms in total. The molecule has 1 N–H and O–H groups in total. The van der Waals surface area contributed by atoms with Gasteiger partial charge in [0.15, 0.2) is 0 Å². The number of halogens is 1. The SMILES string of the molecule is CCCCCCN(CC#CI)C(=O)O. The molecule has 0 aromatic heterocycles. The lowest BCUT2D eigenvalue weighted by molar-refractivity contribution is 0.150. The summed E-state index contributed by atoms with van der Waals surface area (Å²) >= 11 is 1.91. The Morgan fingerprint density at radius 1 is 1.43 bits per heavy atom. The molecule has 14 heavy (non-hydrogen) atoms. The number of carboxylic acid groups (broad SMARTS) is 1. The molecule has 0 fully saturated rings. The first-order chi connectivity index (χ1) is 6.72. The number of amides is 1. The number of rotatable bonds is 6. The lowest BCUT2D eigenvalue weighted by Gasteiger charge is -2.15. The molecule has 0 rings (SSSR count). The summed E-state index contributed by atoms with van der Waals surface area (Å²) in [4.78, 5) is 12.1. The largest absolute Gasteiger partial charge is 0.465 e. The fraction of sp³-hybridized carbons (Fsp3) is 0.700. The zero-order valence-electron chi connectivity index (χ0n) is 8.42. The van der Waals surface area contributed by atoms with Crippen molar-refractivity contribution in [3.05, 3.63) is 0 Å². The van der Waals surface area contributed by atoms with E-state index in [1.54, 1.807) is 0 Å². The van der Waals surface area contributed by atoms with Crippen molar-refractivity contribution in [2.24, 2.45) is 0 Å². The smallest absolute Gasteiger partial charge is 0.408 e. The first-order valence-corrected chi connectivity index (χ1v) is 5.86. The second kappa shape index (κ2) is 9.13. The van der Waals surface area contributed by atoms with Crippen LogP contribution in [0.15, 0.2) is 0 Å². The molecule has 0 saturated carbocycles. The van der Waals surface area contributed by atoms with Crippen LogP contribution in [0.25, 0.3) is 0 Å². The maximum atomic E-state index is 10.7. The van der Waals surface area contributed by atoms with Crippen molar-refractivity contribution in [1.82, 2.24) is 4.90 Å². The van der Waals surface area contributed by atoms with Crippen molar-refractivity contribution in [2.75, 3.05) is 13.1 Å². The monoisotopic (exact) mass is 309 g/mol. The van der Waals surface area contributed by atoms with Gasteiger partial charge in [0.05, 0.1) is 6.54 Å². The second-order valence-electron chi connectivity index (χ2n) is 3.04. The average molecular weight is 309 g/mol. The molecule has 0 spiro atoms. The summed E-state index contributed by atoms with van der Waals surface area (Å²) in [5.74, 6) is 2.75. The van der Waals surface area contributed by atoms with E-state index >= 15 is 0 Å². The van der Waals surface area contributed by atoms with Gasteiger partial charge in [-0.2, -0.15) is 0 Å². The van der Waals surface area contributed by atoms with Crippen molar-refractivity contribution in [3.8, 4) is 9.85 Å². The molecule has 1 amide bonds. The van der Waals surface area contributed by atoms with Gasteiger partial charge in [0.1, 0.15) is 0 Å². The van der Waals surface area contributed by atoms with Gasteiger partial charge in [-0.15, -0.1) is 0 Å². The minimum Gasteiger partial charge on any atom is -0.465 e. The van der Waals surface area contributed by atoms with Gasteiger partial charge in [0.2, 0.25) is 0 Å². The van der Waals surface area contributed by atoms with Gasteiger partial charge in [-0.05, 0) is 10.3 Å². The minimum atomic E-state index is -0.874. The van der Waals surface area contributed by atoms with Crippen molar-refractivity contribution in [3.63, 3.8) is 0 Å². The quantitative estimate of drug-likeness (QED) is 0.465. The van der Waals surface area contributed by atoms with Crippen molar-refractivity contribution >= 4 is 28.7 Å². The summed E-state index contributed by atoms with van der Waals surface area (Å²) in [6.07, 6.45) is 3.49. The van der Waals surface area contributed by atoms with Gasteiger partial charge in [-0.3, -0.25) is 4.90 Å². The topological polar surface area (TPSA) is 40.5 Å². The van der Waals surface area contributed by atoms with E-state index in [1.165, 1.54) is 17.7 Å². The van der Waals surface area contributed by atoms with Gasteiger partial charge in [0, 0.05) is 29.1 Å². The Balaban J connectivity index is 3.72. The van der Waals surface area contributed by atoms with Gasteiger partial charge >= 0.3 is 6.09 Å². The lowest BCUT2D eigenvalue weighted by atomic mass is 10.2. The standard InChI is InChI=1S/C10H16INO2/c1-2-3-4-5-8-12(10(13)14)9-6-7-11/h2-5,8-9H2,1H3,(H,13,14). The van der Waals surface area contributed by atoms with Gasteiger partial charge in [-0.1, -0.05) is 32.1 Å². The third-order valence-corrected chi connectivity index (χ3v) is 2.27. The molecule has 0 saturated heterocycles. The average Bonchev–Trinajstić information content (AvgIpc) is 2.16. The van der Waals surface area contributed by atoms with E-state index in [-0.39, 0.29) is 0 Å². The van der Waals surface area contributed by atoms with E-state index in [1.807, 2.05) is 22.6 Å².